The molecule has 0 bridgehead atoms. The zero-order chi connectivity index (χ0) is 15.0. The van der Waals surface area contributed by atoms with Crippen molar-refractivity contribution in [2.75, 3.05) is 18.0 Å². The van der Waals surface area contributed by atoms with Crippen molar-refractivity contribution in [1.82, 2.24) is 10.2 Å². The predicted molar refractivity (Wildman–Crippen MR) is 82.5 cm³/mol. The maximum atomic E-state index is 13.9. The molecule has 0 radical (unpaired) electrons. The number of aromatic nitrogens is 2. The maximum absolute atomic E-state index is 13.9. The van der Waals surface area contributed by atoms with Crippen molar-refractivity contribution >= 4 is 38.3 Å². The molecule has 2 heterocycles. The Hall–Kier alpha value is -1.54. The molecule has 1 saturated heterocycles. The standard InChI is InChI=1S/C13H12BrFN4OS/c14-8-1-2-10(15)9(5-8)12-17-18-13(21-12)19-4-3-7(6-19)11(16)20/h1-2,5,7H,3-4,6H2,(H2,16,20). The van der Waals surface area contributed by atoms with E-state index in [1.165, 1.54) is 17.4 Å². The van der Waals surface area contributed by atoms with Crippen molar-refractivity contribution in [2.24, 2.45) is 11.7 Å². The monoisotopic (exact) mass is 370 g/mol. The van der Waals surface area contributed by atoms with Gasteiger partial charge in [0, 0.05) is 23.1 Å². The summed E-state index contributed by atoms with van der Waals surface area (Å²) in [5, 5.41) is 9.36. The van der Waals surface area contributed by atoms with Crippen molar-refractivity contribution in [2.45, 2.75) is 6.42 Å². The van der Waals surface area contributed by atoms with Gasteiger partial charge >= 0.3 is 0 Å². The van der Waals surface area contributed by atoms with Crippen LogP contribution in [0, 0.1) is 11.7 Å². The van der Waals surface area contributed by atoms with Crippen LogP contribution in [-0.2, 0) is 4.79 Å². The molecule has 21 heavy (non-hydrogen) atoms. The summed E-state index contributed by atoms with van der Waals surface area (Å²) in [5.74, 6) is -0.780. The Balaban J connectivity index is 1.84. The summed E-state index contributed by atoms with van der Waals surface area (Å²) >= 11 is 4.63. The topological polar surface area (TPSA) is 72.1 Å². The third-order valence-electron chi connectivity index (χ3n) is 3.43. The summed E-state index contributed by atoms with van der Waals surface area (Å²) in [6.45, 7) is 1.26. The van der Waals surface area contributed by atoms with E-state index in [0.29, 0.717) is 28.8 Å². The molecule has 0 aliphatic carbocycles. The minimum absolute atomic E-state index is 0.153. The summed E-state index contributed by atoms with van der Waals surface area (Å²) in [6.07, 6.45) is 0.718. The second-order valence-corrected chi connectivity index (χ2v) is 6.72. The van der Waals surface area contributed by atoms with Crippen LogP contribution in [0.25, 0.3) is 10.6 Å². The molecule has 1 aromatic heterocycles. The lowest BCUT2D eigenvalue weighted by Gasteiger charge is -2.12. The fourth-order valence-electron chi connectivity index (χ4n) is 2.28. The van der Waals surface area contributed by atoms with Crippen LogP contribution in [0.1, 0.15) is 6.42 Å². The lowest BCUT2D eigenvalue weighted by atomic mass is 10.1. The number of halogens is 2. The third kappa shape index (κ3) is 2.91. The molecule has 8 heteroatoms. The fraction of sp³-hybridized carbons (Fsp3) is 0.308. The molecule has 0 spiro atoms. The molecule has 1 atom stereocenters. The number of carbonyl (C=O) groups is 1. The fourth-order valence-corrected chi connectivity index (χ4v) is 3.54. The summed E-state index contributed by atoms with van der Waals surface area (Å²) in [5.41, 5.74) is 5.73. The quantitative estimate of drug-likeness (QED) is 0.900. The van der Waals surface area contributed by atoms with Crippen LogP contribution >= 0.6 is 27.3 Å². The molecule has 1 aliphatic rings. The number of carbonyl (C=O) groups excluding carboxylic acids is 1. The number of amides is 1. The second-order valence-electron chi connectivity index (χ2n) is 4.85. The molecule has 1 amide bonds. The highest BCUT2D eigenvalue weighted by molar-refractivity contribution is 9.10. The first-order chi connectivity index (χ1) is 10.0. The SMILES string of the molecule is NC(=O)C1CCN(c2nnc(-c3cc(Br)ccc3F)s2)C1. The Bertz CT molecular complexity index is 693. The predicted octanol–water partition coefficient (Wildman–Crippen LogP) is 2.42. The number of benzene rings is 1. The van der Waals surface area contributed by atoms with Crippen LogP contribution in [0.2, 0.25) is 0 Å². The van der Waals surface area contributed by atoms with Gasteiger partial charge in [0.05, 0.1) is 5.92 Å². The van der Waals surface area contributed by atoms with Crippen LogP contribution in [0.15, 0.2) is 22.7 Å². The van der Waals surface area contributed by atoms with E-state index in [1.54, 1.807) is 12.1 Å². The molecule has 2 N–H and O–H groups in total. The molecule has 2 aromatic rings. The van der Waals surface area contributed by atoms with E-state index in [1.807, 2.05) is 4.90 Å². The van der Waals surface area contributed by atoms with E-state index in [2.05, 4.69) is 26.1 Å². The highest BCUT2D eigenvalue weighted by Crippen LogP contribution is 2.33. The molecular weight excluding hydrogens is 359 g/mol. The minimum atomic E-state index is -0.336. The normalized spacial score (nSPS) is 18.2. The minimum Gasteiger partial charge on any atom is -0.369 e. The van der Waals surface area contributed by atoms with E-state index < -0.39 is 0 Å². The van der Waals surface area contributed by atoms with Gasteiger partial charge in [0.15, 0.2) is 5.01 Å². The van der Waals surface area contributed by atoms with Crippen molar-refractivity contribution in [3.63, 3.8) is 0 Å². The van der Waals surface area contributed by atoms with Gasteiger partial charge in [-0.15, -0.1) is 10.2 Å². The zero-order valence-electron chi connectivity index (χ0n) is 10.9. The van der Waals surface area contributed by atoms with Crippen LogP contribution in [0.3, 0.4) is 0 Å². The van der Waals surface area contributed by atoms with Crippen LogP contribution in [0.4, 0.5) is 9.52 Å². The van der Waals surface area contributed by atoms with Crippen molar-refractivity contribution < 1.29 is 9.18 Å². The summed E-state index contributed by atoms with van der Waals surface area (Å²) in [4.78, 5) is 13.2. The average Bonchev–Trinajstić information content (AvgIpc) is 3.09. The molecule has 1 fully saturated rings. The Kier molecular flexibility index (Phi) is 3.90. The van der Waals surface area contributed by atoms with Gasteiger partial charge in [-0.2, -0.15) is 0 Å². The maximum Gasteiger partial charge on any atom is 0.222 e. The molecule has 0 saturated carbocycles. The number of nitrogens with zero attached hydrogens (tertiary/aromatic N) is 3. The van der Waals surface area contributed by atoms with Gasteiger partial charge in [-0.25, -0.2) is 4.39 Å². The van der Waals surface area contributed by atoms with Crippen LogP contribution in [0.5, 0.6) is 0 Å². The van der Waals surface area contributed by atoms with E-state index in [-0.39, 0.29) is 17.6 Å². The number of primary amides is 1. The van der Waals surface area contributed by atoms with Gasteiger partial charge in [0.1, 0.15) is 5.82 Å². The van der Waals surface area contributed by atoms with Gasteiger partial charge < -0.3 is 10.6 Å². The molecule has 5 nitrogen and oxygen atoms in total. The van der Waals surface area contributed by atoms with Gasteiger partial charge in [-0.3, -0.25) is 4.79 Å². The van der Waals surface area contributed by atoms with Gasteiger partial charge in [0.2, 0.25) is 11.0 Å². The van der Waals surface area contributed by atoms with Gasteiger partial charge in [-0.1, -0.05) is 27.3 Å². The lowest BCUT2D eigenvalue weighted by molar-refractivity contribution is -0.121. The summed E-state index contributed by atoms with van der Waals surface area (Å²) in [7, 11) is 0. The van der Waals surface area contributed by atoms with Crippen molar-refractivity contribution in [3.8, 4) is 10.6 Å². The molecule has 3 rings (SSSR count). The van der Waals surface area contributed by atoms with Crippen LogP contribution in [-0.4, -0.2) is 29.2 Å². The van der Waals surface area contributed by atoms with Crippen molar-refractivity contribution in [3.05, 3.63) is 28.5 Å². The number of hydrogen-bond acceptors (Lipinski definition) is 5. The Labute approximate surface area is 133 Å². The Morgan fingerprint density at radius 1 is 1.48 bits per heavy atom. The summed E-state index contributed by atoms with van der Waals surface area (Å²) < 4.78 is 14.6. The number of anilines is 1. The van der Waals surface area contributed by atoms with E-state index in [0.717, 1.165) is 10.9 Å². The molecule has 110 valence electrons. The first-order valence-corrected chi connectivity index (χ1v) is 7.98. The number of hydrogen-bond donors (Lipinski definition) is 1. The Morgan fingerprint density at radius 2 is 2.29 bits per heavy atom. The molecule has 1 aliphatic heterocycles. The third-order valence-corrected chi connectivity index (χ3v) is 4.94. The first-order valence-electron chi connectivity index (χ1n) is 6.38. The molecule has 1 unspecified atom stereocenters. The largest absolute Gasteiger partial charge is 0.369 e. The highest BCUT2D eigenvalue weighted by Gasteiger charge is 2.28. The van der Waals surface area contributed by atoms with Gasteiger partial charge in [0.25, 0.3) is 0 Å². The molecule has 1 aromatic carbocycles. The highest BCUT2D eigenvalue weighted by atomic mass is 79.9. The van der Waals surface area contributed by atoms with E-state index in [4.69, 9.17) is 5.73 Å². The number of rotatable bonds is 3. The smallest absolute Gasteiger partial charge is 0.222 e. The zero-order valence-corrected chi connectivity index (χ0v) is 13.3. The van der Waals surface area contributed by atoms with Crippen molar-refractivity contribution in [1.29, 1.82) is 0 Å². The van der Waals surface area contributed by atoms with Crippen LogP contribution < -0.4 is 10.6 Å². The summed E-state index contributed by atoms with van der Waals surface area (Å²) in [6, 6.07) is 4.70. The second kappa shape index (κ2) is 5.69. The average molecular weight is 371 g/mol. The first kappa shape index (κ1) is 14.4. The van der Waals surface area contributed by atoms with E-state index in [9.17, 15) is 9.18 Å². The van der Waals surface area contributed by atoms with E-state index >= 15 is 0 Å². The lowest BCUT2D eigenvalue weighted by Crippen LogP contribution is -2.27. The van der Waals surface area contributed by atoms with Gasteiger partial charge in [-0.05, 0) is 24.6 Å². The Morgan fingerprint density at radius 3 is 3.00 bits per heavy atom. The molecular formula is C13H12BrFN4OS. The number of nitrogens with two attached hydrogens (primary N) is 1.